The Morgan fingerprint density at radius 1 is 0.656 bits per heavy atom. The van der Waals surface area contributed by atoms with Gasteiger partial charge in [-0.3, -0.25) is 14.4 Å². The van der Waals surface area contributed by atoms with Crippen LogP contribution in [0, 0.1) is 0 Å². The van der Waals surface area contributed by atoms with Gasteiger partial charge in [0.15, 0.2) is 6.10 Å². The molecule has 7 heteroatoms. The molecule has 0 aliphatic carbocycles. The van der Waals surface area contributed by atoms with Crippen molar-refractivity contribution in [3.63, 3.8) is 0 Å². The zero-order chi connectivity index (χ0) is 23.9. The van der Waals surface area contributed by atoms with Crippen LogP contribution in [-0.4, -0.2) is 49.4 Å². The van der Waals surface area contributed by atoms with Gasteiger partial charge < -0.3 is 19.3 Å². The minimum Gasteiger partial charge on any atom is -0.469 e. The van der Waals surface area contributed by atoms with Crippen molar-refractivity contribution in [2.75, 3.05) is 20.3 Å². The normalized spacial score (nSPS) is 11.7. The largest absolute Gasteiger partial charge is 0.469 e. The summed E-state index contributed by atoms with van der Waals surface area (Å²) < 4.78 is 14.9. The lowest BCUT2D eigenvalue weighted by atomic mass is 10.1. The fraction of sp³-hybridized carbons (Fsp3) is 0.880. The van der Waals surface area contributed by atoms with Gasteiger partial charge in [-0.25, -0.2) is 0 Å². The molecule has 32 heavy (non-hydrogen) atoms. The van der Waals surface area contributed by atoms with E-state index in [-0.39, 0.29) is 31.1 Å². The van der Waals surface area contributed by atoms with Crippen molar-refractivity contribution in [2.45, 2.75) is 122 Å². The van der Waals surface area contributed by atoms with Crippen LogP contribution in [0.1, 0.15) is 116 Å². The zero-order valence-electron chi connectivity index (χ0n) is 20.4. The Hall–Kier alpha value is -1.63. The first-order valence-electron chi connectivity index (χ1n) is 12.6. The second-order valence-corrected chi connectivity index (χ2v) is 8.40. The van der Waals surface area contributed by atoms with E-state index in [9.17, 15) is 19.5 Å². The van der Waals surface area contributed by atoms with E-state index in [1.165, 1.54) is 45.6 Å². The summed E-state index contributed by atoms with van der Waals surface area (Å²) in [6, 6.07) is 0. The number of esters is 3. The Morgan fingerprint density at radius 3 is 1.56 bits per heavy atom. The molecule has 0 aromatic heterocycles. The lowest BCUT2D eigenvalue weighted by Gasteiger charge is -2.15. The Morgan fingerprint density at radius 2 is 1.09 bits per heavy atom. The Bertz CT molecular complexity index is 479. The van der Waals surface area contributed by atoms with Gasteiger partial charge in [0, 0.05) is 19.3 Å². The molecule has 0 aromatic carbocycles. The molecule has 0 bridgehead atoms. The zero-order valence-corrected chi connectivity index (χ0v) is 20.4. The van der Waals surface area contributed by atoms with E-state index >= 15 is 0 Å². The number of methoxy groups -OCH3 is 1. The van der Waals surface area contributed by atoms with E-state index in [1.807, 2.05) is 0 Å². The van der Waals surface area contributed by atoms with Gasteiger partial charge in [0.25, 0.3) is 0 Å². The molecule has 0 saturated heterocycles. The van der Waals surface area contributed by atoms with Gasteiger partial charge in [-0.15, -0.1) is 0 Å². The number of aliphatic hydroxyl groups excluding tert-OH is 1. The van der Waals surface area contributed by atoms with Crippen molar-refractivity contribution in [2.24, 2.45) is 0 Å². The molecule has 1 N–H and O–H groups in total. The lowest BCUT2D eigenvalue weighted by Crippen LogP contribution is -2.28. The smallest absolute Gasteiger partial charge is 0.306 e. The molecule has 0 rings (SSSR count). The average Bonchev–Trinajstić information content (AvgIpc) is 2.79. The van der Waals surface area contributed by atoms with Crippen LogP contribution in [0.25, 0.3) is 0 Å². The number of hydrogen-bond acceptors (Lipinski definition) is 7. The van der Waals surface area contributed by atoms with E-state index in [4.69, 9.17) is 9.47 Å². The maximum Gasteiger partial charge on any atom is 0.306 e. The van der Waals surface area contributed by atoms with Gasteiger partial charge in [0.2, 0.25) is 0 Å². The summed E-state index contributed by atoms with van der Waals surface area (Å²) in [4.78, 5) is 34.7. The summed E-state index contributed by atoms with van der Waals surface area (Å²) >= 11 is 0. The van der Waals surface area contributed by atoms with Crippen LogP contribution >= 0.6 is 0 Å². The van der Waals surface area contributed by atoms with Crippen LogP contribution in [-0.2, 0) is 28.6 Å². The molecule has 0 fully saturated rings. The molecule has 0 saturated carbocycles. The van der Waals surface area contributed by atoms with Gasteiger partial charge in [-0.2, -0.15) is 0 Å². The van der Waals surface area contributed by atoms with Crippen LogP contribution in [0.3, 0.4) is 0 Å². The number of hydrogen-bond donors (Lipinski definition) is 1. The highest BCUT2D eigenvalue weighted by atomic mass is 16.6. The Kier molecular flexibility index (Phi) is 21.4. The molecule has 0 aliphatic heterocycles. The summed E-state index contributed by atoms with van der Waals surface area (Å²) in [5.41, 5.74) is 0. The molecule has 188 valence electrons. The first kappa shape index (κ1) is 30.4. The minimum atomic E-state index is -0.802. The predicted octanol–water partition coefficient (Wildman–Crippen LogP) is 5.26. The summed E-state index contributed by atoms with van der Waals surface area (Å²) in [6.45, 7) is 1.74. The second kappa shape index (κ2) is 22.6. The SMILES string of the molecule is CCCCCCCCCCCC(=O)OC(CO)COC(=O)CCCCCCCC(=O)OC. The highest BCUT2D eigenvalue weighted by Crippen LogP contribution is 2.12. The molecule has 1 unspecified atom stereocenters. The van der Waals surface area contributed by atoms with Crippen LogP contribution < -0.4 is 0 Å². The van der Waals surface area contributed by atoms with Crippen LogP contribution in [0.2, 0.25) is 0 Å². The fourth-order valence-electron chi connectivity index (χ4n) is 3.38. The van der Waals surface area contributed by atoms with Crippen molar-refractivity contribution < 1.29 is 33.7 Å². The number of carbonyl (C=O) groups is 3. The van der Waals surface area contributed by atoms with Gasteiger partial charge >= 0.3 is 17.9 Å². The van der Waals surface area contributed by atoms with Crippen LogP contribution in [0.15, 0.2) is 0 Å². The van der Waals surface area contributed by atoms with Crippen molar-refractivity contribution in [3.8, 4) is 0 Å². The van der Waals surface area contributed by atoms with E-state index in [1.54, 1.807) is 0 Å². The van der Waals surface area contributed by atoms with Gasteiger partial charge in [0.05, 0.1) is 13.7 Å². The number of rotatable bonds is 22. The number of ether oxygens (including phenoxy) is 3. The highest BCUT2D eigenvalue weighted by Gasteiger charge is 2.16. The monoisotopic (exact) mass is 458 g/mol. The first-order valence-corrected chi connectivity index (χ1v) is 12.6. The average molecular weight is 459 g/mol. The van der Waals surface area contributed by atoms with Crippen LogP contribution in [0.4, 0.5) is 0 Å². The molecule has 0 spiro atoms. The third-order valence-corrected chi connectivity index (χ3v) is 5.41. The Labute approximate surface area is 194 Å². The van der Waals surface area contributed by atoms with Crippen molar-refractivity contribution in [1.82, 2.24) is 0 Å². The number of aliphatic hydroxyl groups is 1. The molecular formula is C25H46O7. The minimum absolute atomic E-state index is 0.113. The summed E-state index contributed by atoms with van der Waals surface area (Å²) in [5, 5.41) is 9.37. The quantitative estimate of drug-likeness (QED) is 0.134. The molecule has 0 heterocycles. The molecule has 0 amide bonds. The molecular weight excluding hydrogens is 412 g/mol. The topological polar surface area (TPSA) is 99.1 Å². The van der Waals surface area contributed by atoms with Gasteiger partial charge in [-0.1, -0.05) is 77.6 Å². The van der Waals surface area contributed by atoms with E-state index in [0.717, 1.165) is 44.9 Å². The highest BCUT2D eigenvalue weighted by molar-refractivity contribution is 5.70. The summed E-state index contributed by atoms with van der Waals surface area (Å²) in [6.07, 6.45) is 15.1. The standard InChI is InChI=1S/C25H46O7/c1-3-4-5-6-7-8-9-11-16-19-25(29)32-22(20-26)21-31-24(28)18-15-13-10-12-14-17-23(27)30-2/h22,26H,3-21H2,1-2H3. The molecule has 0 aromatic rings. The molecule has 0 radical (unpaired) electrons. The maximum atomic E-state index is 11.9. The van der Waals surface area contributed by atoms with Crippen molar-refractivity contribution >= 4 is 17.9 Å². The lowest BCUT2D eigenvalue weighted by molar-refractivity contribution is -0.161. The van der Waals surface area contributed by atoms with Crippen LogP contribution in [0.5, 0.6) is 0 Å². The van der Waals surface area contributed by atoms with Gasteiger partial charge in [-0.05, 0) is 19.3 Å². The van der Waals surface area contributed by atoms with Crippen molar-refractivity contribution in [3.05, 3.63) is 0 Å². The fourth-order valence-corrected chi connectivity index (χ4v) is 3.38. The van der Waals surface area contributed by atoms with Gasteiger partial charge in [0.1, 0.15) is 6.61 Å². The van der Waals surface area contributed by atoms with E-state index < -0.39 is 6.10 Å². The summed E-state index contributed by atoms with van der Waals surface area (Å²) in [7, 11) is 1.38. The summed E-state index contributed by atoms with van der Waals surface area (Å²) in [5.74, 6) is -0.899. The van der Waals surface area contributed by atoms with Crippen molar-refractivity contribution in [1.29, 1.82) is 0 Å². The van der Waals surface area contributed by atoms with E-state index in [0.29, 0.717) is 25.7 Å². The molecule has 1 atom stereocenters. The first-order chi connectivity index (χ1) is 15.5. The number of unbranched alkanes of at least 4 members (excludes halogenated alkanes) is 12. The second-order valence-electron chi connectivity index (χ2n) is 8.40. The molecule has 0 aliphatic rings. The molecule has 7 nitrogen and oxygen atoms in total. The third kappa shape index (κ3) is 20.3. The predicted molar refractivity (Wildman–Crippen MR) is 124 cm³/mol. The van der Waals surface area contributed by atoms with E-state index in [2.05, 4.69) is 11.7 Å². The number of carbonyl (C=O) groups excluding carboxylic acids is 3. The maximum absolute atomic E-state index is 11.9. The Balaban J connectivity index is 3.66. The third-order valence-electron chi connectivity index (χ3n) is 5.41.